The van der Waals surface area contributed by atoms with Crippen LogP contribution in [0.1, 0.15) is 73.3 Å². The molecule has 6 heteroatoms. The highest BCUT2D eigenvalue weighted by molar-refractivity contribution is 5.53. The van der Waals surface area contributed by atoms with Gasteiger partial charge < -0.3 is 29.9 Å². The molecule has 2 atom stereocenters. The van der Waals surface area contributed by atoms with E-state index < -0.39 is 17.6 Å². The molecule has 160 valence electrons. The fourth-order valence-electron chi connectivity index (χ4n) is 3.50. The van der Waals surface area contributed by atoms with E-state index in [1.165, 1.54) is 0 Å². The van der Waals surface area contributed by atoms with Gasteiger partial charge in [0.2, 0.25) is 0 Å². The third-order valence-corrected chi connectivity index (χ3v) is 5.38. The number of rotatable bonds is 8. The maximum Gasteiger partial charge on any atom is 0.127 e. The smallest absolute Gasteiger partial charge is 0.127 e. The quantitative estimate of drug-likeness (QED) is 0.534. The number of aliphatic hydroxyl groups excluding tert-OH is 2. The van der Waals surface area contributed by atoms with Crippen LogP contribution in [0.15, 0.2) is 24.3 Å². The van der Waals surface area contributed by atoms with Crippen LogP contribution in [0, 0.1) is 0 Å². The number of methoxy groups -OCH3 is 2. The van der Waals surface area contributed by atoms with E-state index >= 15 is 0 Å². The highest BCUT2D eigenvalue weighted by Crippen LogP contribution is 2.41. The molecule has 2 unspecified atom stereocenters. The molecule has 0 amide bonds. The monoisotopic (exact) mass is 404 g/mol. The van der Waals surface area contributed by atoms with Crippen LogP contribution in [-0.4, -0.2) is 34.6 Å². The van der Waals surface area contributed by atoms with Crippen LogP contribution >= 0.6 is 0 Å². The Bertz CT molecular complexity index is 798. The van der Waals surface area contributed by atoms with Gasteiger partial charge >= 0.3 is 0 Å². The molecule has 4 N–H and O–H groups in total. The summed E-state index contributed by atoms with van der Waals surface area (Å²) in [5.41, 5.74) is 3.19. The molecule has 0 radical (unpaired) electrons. The lowest BCUT2D eigenvalue weighted by Crippen LogP contribution is -2.21. The maximum atomic E-state index is 10.5. The summed E-state index contributed by atoms with van der Waals surface area (Å²) in [5, 5.41) is 41.2. The van der Waals surface area contributed by atoms with Gasteiger partial charge in [-0.25, -0.2) is 0 Å². The second kappa shape index (κ2) is 9.13. The van der Waals surface area contributed by atoms with Crippen molar-refractivity contribution in [2.45, 2.75) is 58.5 Å². The lowest BCUT2D eigenvalue weighted by molar-refractivity contribution is 0.174. The number of phenolic OH excluding ortho intramolecular Hbond substituents is 2. The first kappa shape index (κ1) is 23.2. The van der Waals surface area contributed by atoms with Crippen molar-refractivity contribution in [1.82, 2.24) is 0 Å². The molecule has 0 aliphatic heterocycles. The summed E-state index contributed by atoms with van der Waals surface area (Å²) in [7, 11) is 3.13. The van der Waals surface area contributed by atoms with Gasteiger partial charge in [-0.2, -0.15) is 0 Å². The van der Waals surface area contributed by atoms with Crippen LogP contribution in [0.5, 0.6) is 11.5 Å². The Labute approximate surface area is 172 Å². The van der Waals surface area contributed by atoms with Gasteiger partial charge in [-0.15, -0.1) is 0 Å². The first-order chi connectivity index (χ1) is 13.5. The maximum absolute atomic E-state index is 10.5. The Morgan fingerprint density at radius 2 is 1.14 bits per heavy atom. The van der Waals surface area contributed by atoms with E-state index in [4.69, 9.17) is 9.47 Å². The molecule has 0 aliphatic carbocycles. The van der Waals surface area contributed by atoms with Crippen LogP contribution < -0.4 is 0 Å². The zero-order valence-electron chi connectivity index (χ0n) is 18.0. The zero-order valence-corrected chi connectivity index (χ0v) is 18.0. The molecule has 0 aliphatic rings. The molecule has 29 heavy (non-hydrogen) atoms. The van der Waals surface area contributed by atoms with Crippen LogP contribution in [0.25, 0.3) is 0 Å². The largest absolute Gasteiger partial charge is 0.507 e. The fraction of sp³-hybridized carbons (Fsp3) is 0.478. The predicted octanol–water partition coefficient (Wildman–Crippen LogP) is 3.82. The van der Waals surface area contributed by atoms with E-state index in [9.17, 15) is 20.4 Å². The number of aliphatic hydroxyl groups is 2. The minimum absolute atomic E-state index is 0.0969. The summed E-state index contributed by atoms with van der Waals surface area (Å²) in [4.78, 5) is 0. The standard InChI is InChI=1S/C23H32O6/c1-13(24)19-9-18(10-20(14(2)25)22(19)27)23(3,4)17-7-15(11-28-5)21(26)16(8-17)12-29-6/h7-10,13-14,24-27H,11-12H2,1-6H3. The van der Waals surface area contributed by atoms with Crippen LogP contribution in [-0.2, 0) is 28.1 Å². The van der Waals surface area contributed by atoms with Crippen molar-refractivity contribution in [1.29, 1.82) is 0 Å². The molecule has 2 rings (SSSR count). The minimum atomic E-state index is -0.892. The summed E-state index contributed by atoms with van der Waals surface area (Å²) >= 11 is 0. The summed E-state index contributed by atoms with van der Waals surface area (Å²) < 4.78 is 10.5. The van der Waals surface area contributed by atoms with Crippen LogP contribution in [0.3, 0.4) is 0 Å². The van der Waals surface area contributed by atoms with Crippen LogP contribution in [0.4, 0.5) is 0 Å². The molecule has 6 nitrogen and oxygen atoms in total. The van der Waals surface area contributed by atoms with E-state index in [1.54, 1.807) is 40.2 Å². The number of aromatic hydroxyl groups is 2. The van der Waals surface area contributed by atoms with Crippen molar-refractivity contribution >= 4 is 0 Å². The third-order valence-electron chi connectivity index (χ3n) is 5.38. The second-order valence-electron chi connectivity index (χ2n) is 7.99. The van der Waals surface area contributed by atoms with E-state index in [0.717, 1.165) is 11.1 Å². The third kappa shape index (κ3) is 4.73. The number of benzene rings is 2. The van der Waals surface area contributed by atoms with Gasteiger partial charge in [0.25, 0.3) is 0 Å². The predicted molar refractivity (Wildman–Crippen MR) is 111 cm³/mol. The van der Waals surface area contributed by atoms with Crippen molar-refractivity contribution in [2.75, 3.05) is 14.2 Å². The summed E-state index contributed by atoms with van der Waals surface area (Å²) in [5.74, 6) is 0.0497. The molecule has 0 aromatic heterocycles. The van der Waals surface area contributed by atoms with E-state index in [2.05, 4.69) is 0 Å². The molecule has 2 aromatic carbocycles. The zero-order chi connectivity index (χ0) is 21.9. The first-order valence-corrected chi connectivity index (χ1v) is 9.61. The number of hydrogen-bond acceptors (Lipinski definition) is 6. The topological polar surface area (TPSA) is 99.4 Å². The van der Waals surface area contributed by atoms with E-state index in [1.807, 2.05) is 26.0 Å². The van der Waals surface area contributed by atoms with Gasteiger partial charge in [0.15, 0.2) is 0 Å². The SMILES string of the molecule is COCc1cc(C(C)(C)c2cc(C(C)O)c(O)c(C(C)O)c2)cc(COC)c1O. The molecule has 0 saturated heterocycles. The lowest BCUT2D eigenvalue weighted by atomic mass is 9.75. The van der Waals surface area contributed by atoms with Gasteiger partial charge in [0.05, 0.1) is 25.4 Å². The average molecular weight is 405 g/mol. The molecule has 0 spiro atoms. The lowest BCUT2D eigenvalue weighted by Gasteiger charge is -2.30. The summed E-state index contributed by atoms with van der Waals surface area (Å²) in [6, 6.07) is 7.28. The number of ether oxygens (including phenoxy) is 2. The summed E-state index contributed by atoms with van der Waals surface area (Å²) in [6.07, 6.45) is -1.78. The van der Waals surface area contributed by atoms with Crippen LogP contribution in [0.2, 0.25) is 0 Å². The molecule has 0 fully saturated rings. The molecule has 0 saturated carbocycles. The van der Waals surface area contributed by atoms with Gasteiger partial charge in [0, 0.05) is 41.9 Å². The Hall–Kier alpha value is -2.12. The van der Waals surface area contributed by atoms with Crippen molar-refractivity contribution in [2.24, 2.45) is 0 Å². The highest BCUT2D eigenvalue weighted by atomic mass is 16.5. The molecular formula is C23H32O6. The summed E-state index contributed by atoms with van der Waals surface area (Å²) in [6.45, 7) is 7.67. The Morgan fingerprint density at radius 1 is 0.759 bits per heavy atom. The second-order valence-corrected chi connectivity index (χ2v) is 7.99. The van der Waals surface area contributed by atoms with Gasteiger partial charge in [-0.1, -0.05) is 13.8 Å². The fourth-order valence-corrected chi connectivity index (χ4v) is 3.50. The molecular weight excluding hydrogens is 372 g/mol. The van der Waals surface area contributed by atoms with Crippen molar-refractivity contribution in [3.05, 3.63) is 57.6 Å². The van der Waals surface area contributed by atoms with Gasteiger partial charge in [-0.3, -0.25) is 0 Å². The van der Waals surface area contributed by atoms with Crippen molar-refractivity contribution in [3.8, 4) is 11.5 Å². The average Bonchev–Trinajstić information content (AvgIpc) is 2.64. The van der Waals surface area contributed by atoms with E-state index in [0.29, 0.717) is 22.3 Å². The number of hydrogen-bond donors (Lipinski definition) is 4. The van der Waals surface area contributed by atoms with Crippen molar-refractivity contribution in [3.63, 3.8) is 0 Å². The Balaban J connectivity index is 2.71. The van der Waals surface area contributed by atoms with Crippen molar-refractivity contribution < 1.29 is 29.9 Å². The Kier molecular flexibility index (Phi) is 7.30. The molecule has 0 heterocycles. The normalized spacial score (nSPS) is 14.1. The molecule has 0 bridgehead atoms. The highest BCUT2D eigenvalue weighted by Gasteiger charge is 2.29. The van der Waals surface area contributed by atoms with Gasteiger partial charge in [-0.05, 0) is 49.2 Å². The van der Waals surface area contributed by atoms with Gasteiger partial charge in [0.1, 0.15) is 11.5 Å². The first-order valence-electron chi connectivity index (χ1n) is 9.61. The Morgan fingerprint density at radius 3 is 1.48 bits per heavy atom. The molecule has 2 aromatic rings. The number of phenols is 2. The van der Waals surface area contributed by atoms with E-state index in [-0.39, 0.29) is 24.7 Å². The minimum Gasteiger partial charge on any atom is -0.507 e.